The van der Waals surface area contributed by atoms with Crippen molar-refractivity contribution < 1.29 is 14.7 Å². The zero-order valence-electron chi connectivity index (χ0n) is 21.2. The van der Waals surface area contributed by atoms with Crippen molar-refractivity contribution in [2.45, 2.75) is 121 Å². The highest BCUT2D eigenvalue weighted by atomic mass is 16.3. The van der Waals surface area contributed by atoms with E-state index in [0.717, 1.165) is 63.5 Å². The summed E-state index contributed by atoms with van der Waals surface area (Å²) in [6, 6.07) is 0.327. The van der Waals surface area contributed by atoms with Crippen LogP contribution in [0.25, 0.3) is 0 Å². The van der Waals surface area contributed by atoms with E-state index in [1.54, 1.807) is 11.1 Å². The smallest absolute Gasteiger partial charge is 0.255 e. The van der Waals surface area contributed by atoms with Crippen LogP contribution in [0.3, 0.4) is 0 Å². The van der Waals surface area contributed by atoms with Crippen LogP contribution in [0.15, 0.2) is 6.20 Å². The number of hydrogen-bond donors (Lipinski definition) is 2. The molecule has 1 unspecified atom stereocenters. The average molecular weight is 473 g/mol. The van der Waals surface area contributed by atoms with Crippen LogP contribution in [0, 0.1) is 5.92 Å². The van der Waals surface area contributed by atoms with E-state index in [0.29, 0.717) is 43.5 Å². The average Bonchev–Trinajstić information content (AvgIpc) is 3.51. The van der Waals surface area contributed by atoms with E-state index in [2.05, 4.69) is 28.9 Å². The van der Waals surface area contributed by atoms with Gasteiger partial charge in [0.1, 0.15) is 5.60 Å². The normalized spacial score (nSPS) is 28.3. The summed E-state index contributed by atoms with van der Waals surface area (Å²) in [5.74, 6) is 0.418. The van der Waals surface area contributed by atoms with E-state index in [9.17, 15) is 14.7 Å². The zero-order valence-corrected chi connectivity index (χ0v) is 21.2. The van der Waals surface area contributed by atoms with Gasteiger partial charge in [-0.2, -0.15) is 5.10 Å². The van der Waals surface area contributed by atoms with Crippen LogP contribution in [0.5, 0.6) is 0 Å². The molecule has 1 saturated heterocycles. The van der Waals surface area contributed by atoms with Crippen molar-refractivity contribution in [3.63, 3.8) is 0 Å². The van der Waals surface area contributed by atoms with Gasteiger partial charge in [-0.3, -0.25) is 14.3 Å². The van der Waals surface area contributed by atoms with Gasteiger partial charge in [0.05, 0.1) is 23.5 Å². The molecular formula is C27H44N4O3. The molecule has 34 heavy (non-hydrogen) atoms. The van der Waals surface area contributed by atoms with Crippen molar-refractivity contribution in [2.75, 3.05) is 13.1 Å². The summed E-state index contributed by atoms with van der Waals surface area (Å²) >= 11 is 0. The quantitative estimate of drug-likeness (QED) is 0.587. The van der Waals surface area contributed by atoms with Gasteiger partial charge in [-0.1, -0.05) is 46.0 Å². The number of aromatic nitrogens is 2. The van der Waals surface area contributed by atoms with Gasteiger partial charge in [-0.15, -0.1) is 0 Å². The van der Waals surface area contributed by atoms with Crippen LogP contribution in [-0.2, 0) is 11.2 Å². The lowest BCUT2D eigenvalue weighted by Crippen LogP contribution is -2.56. The van der Waals surface area contributed by atoms with Crippen LogP contribution in [0.2, 0.25) is 0 Å². The third-order valence-electron chi connectivity index (χ3n) is 8.37. The first-order valence-corrected chi connectivity index (χ1v) is 13.8. The van der Waals surface area contributed by atoms with Crippen molar-refractivity contribution in [1.82, 2.24) is 20.0 Å². The summed E-state index contributed by atoms with van der Waals surface area (Å²) in [6.07, 6.45) is 15.3. The minimum absolute atomic E-state index is 0.0780. The molecule has 0 spiro atoms. The topological polar surface area (TPSA) is 87.5 Å². The van der Waals surface area contributed by atoms with E-state index in [1.165, 1.54) is 19.3 Å². The largest absolute Gasteiger partial charge is 0.380 e. The molecule has 1 aliphatic heterocycles. The van der Waals surface area contributed by atoms with Crippen LogP contribution >= 0.6 is 0 Å². The molecule has 2 heterocycles. The fraction of sp³-hybridized carbons (Fsp3) is 0.815. The van der Waals surface area contributed by atoms with Gasteiger partial charge in [-0.25, -0.2) is 0 Å². The van der Waals surface area contributed by atoms with Gasteiger partial charge in [0, 0.05) is 19.1 Å². The Bertz CT molecular complexity index is 837. The predicted octanol–water partition coefficient (Wildman–Crippen LogP) is 4.39. The Labute approximate surface area is 204 Å². The summed E-state index contributed by atoms with van der Waals surface area (Å²) in [6.45, 7) is 5.47. The highest BCUT2D eigenvalue weighted by Crippen LogP contribution is 2.36. The van der Waals surface area contributed by atoms with Crippen molar-refractivity contribution >= 4 is 11.8 Å². The van der Waals surface area contributed by atoms with Gasteiger partial charge in [0.15, 0.2) is 0 Å². The molecule has 3 fully saturated rings. The van der Waals surface area contributed by atoms with E-state index in [1.807, 2.05) is 0 Å². The molecule has 2 aliphatic carbocycles. The van der Waals surface area contributed by atoms with Crippen LogP contribution in [-0.4, -0.2) is 56.3 Å². The molecule has 1 aromatic heterocycles. The lowest BCUT2D eigenvalue weighted by Gasteiger charge is -2.41. The van der Waals surface area contributed by atoms with E-state index in [-0.39, 0.29) is 17.9 Å². The van der Waals surface area contributed by atoms with E-state index in [4.69, 9.17) is 0 Å². The second kappa shape index (κ2) is 11.2. The molecule has 2 saturated carbocycles. The molecule has 1 aromatic rings. The molecule has 2 amide bonds. The maximum absolute atomic E-state index is 13.3. The number of nitrogens with zero attached hydrogens (tertiary/aromatic N) is 3. The highest BCUT2D eigenvalue weighted by molar-refractivity contribution is 5.95. The zero-order chi connectivity index (χ0) is 24.1. The third kappa shape index (κ3) is 5.50. The van der Waals surface area contributed by atoms with E-state index >= 15 is 0 Å². The first-order chi connectivity index (χ1) is 16.4. The van der Waals surface area contributed by atoms with Crippen LogP contribution in [0.1, 0.15) is 119 Å². The van der Waals surface area contributed by atoms with Gasteiger partial charge >= 0.3 is 0 Å². The SMILES string of the molecule is CCCc1c(C(=O)NC2CCCN(C(=O)C3(O)CCC(CCC)CC3)C2)cnn1C1CCCC1. The molecule has 0 bridgehead atoms. The summed E-state index contributed by atoms with van der Waals surface area (Å²) < 4.78 is 2.10. The second-order valence-corrected chi connectivity index (χ2v) is 11.0. The summed E-state index contributed by atoms with van der Waals surface area (Å²) in [4.78, 5) is 28.3. The molecule has 190 valence electrons. The van der Waals surface area contributed by atoms with Crippen molar-refractivity contribution in [3.05, 3.63) is 17.5 Å². The summed E-state index contributed by atoms with van der Waals surface area (Å²) in [5, 5.41) is 19.0. The fourth-order valence-corrected chi connectivity index (χ4v) is 6.43. The Kier molecular flexibility index (Phi) is 8.33. The number of carbonyl (C=O) groups is 2. The van der Waals surface area contributed by atoms with Gasteiger partial charge < -0.3 is 15.3 Å². The number of piperidine rings is 1. The molecular weight excluding hydrogens is 428 g/mol. The Morgan fingerprint density at radius 3 is 2.50 bits per heavy atom. The molecule has 7 heteroatoms. The van der Waals surface area contributed by atoms with Crippen LogP contribution < -0.4 is 5.32 Å². The van der Waals surface area contributed by atoms with Crippen molar-refractivity contribution in [3.8, 4) is 0 Å². The molecule has 4 rings (SSSR count). The van der Waals surface area contributed by atoms with Gasteiger partial charge in [0.25, 0.3) is 11.8 Å². The first-order valence-electron chi connectivity index (χ1n) is 13.8. The monoisotopic (exact) mass is 472 g/mol. The molecule has 3 aliphatic rings. The Hall–Kier alpha value is -1.89. The minimum Gasteiger partial charge on any atom is -0.380 e. The van der Waals surface area contributed by atoms with Gasteiger partial charge in [-0.05, 0) is 63.7 Å². The van der Waals surface area contributed by atoms with Gasteiger partial charge in [0.2, 0.25) is 0 Å². The number of likely N-dealkylation sites (tertiary alicyclic amines) is 1. The minimum atomic E-state index is -1.23. The maximum atomic E-state index is 13.3. The Balaban J connectivity index is 1.37. The Morgan fingerprint density at radius 1 is 1.09 bits per heavy atom. The Morgan fingerprint density at radius 2 is 1.82 bits per heavy atom. The maximum Gasteiger partial charge on any atom is 0.255 e. The third-order valence-corrected chi connectivity index (χ3v) is 8.37. The lowest BCUT2D eigenvalue weighted by molar-refractivity contribution is -0.157. The highest BCUT2D eigenvalue weighted by Gasteiger charge is 2.43. The summed E-state index contributed by atoms with van der Waals surface area (Å²) in [7, 11) is 0. The predicted molar refractivity (Wildman–Crippen MR) is 133 cm³/mol. The number of aliphatic hydroxyl groups is 1. The second-order valence-electron chi connectivity index (χ2n) is 11.0. The van der Waals surface area contributed by atoms with E-state index < -0.39 is 5.60 Å². The summed E-state index contributed by atoms with van der Waals surface area (Å²) in [5.41, 5.74) is 0.506. The first kappa shape index (κ1) is 25.2. The number of rotatable bonds is 8. The van der Waals surface area contributed by atoms with Crippen molar-refractivity contribution in [2.24, 2.45) is 5.92 Å². The number of carbonyl (C=O) groups excluding carboxylic acids is 2. The lowest BCUT2D eigenvalue weighted by atomic mass is 9.76. The molecule has 0 radical (unpaired) electrons. The van der Waals surface area contributed by atoms with Crippen LogP contribution in [0.4, 0.5) is 0 Å². The molecule has 7 nitrogen and oxygen atoms in total. The van der Waals surface area contributed by atoms with Crippen molar-refractivity contribution in [1.29, 1.82) is 0 Å². The number of nitrogens with one attached hydrogen (secondary N) is 1. The standard InChI is InChI=1S/C27H44N4O3/c1-3-8-20-13-15-27(34,16-14-20)26(33)30-17-7-10-21(19-30)29-25(32)23-18-28-31(24(23)9-4-2)22-11-5-6-12-22/h18,20-22,34H,3-17,19H2,1-2H3,(H,29,32). The number of amides is 2. The molecule has 2 N–H and O–H groups in total. The molecule has 0 aromatic carbocycles. The number of hydrogen-bond acceptors (Lipinski definition) is 4. The fourth-order valence-electron chi connectivity index (χ4n) is 6.43. The molecule has 1 atom stereocenters.